The number of anilines is 1. The highest BCUT2D eigenvalue weighted by Gasteiger charge is 2.36. The van der Waals surface area contributed by atoms with E-state index in [-0.39, 0.29) is 11.7 Å². The minimum absolute atomic E-state index is 0.323. The van der Waals surface area contributed by atoms with Crippen LogP contribution < -0.4 is 5.32 Å². The Balaban J connectivity index is 2.05. The SMILES string of the molecule is Cc1ccc(NC(=O)C2CCCN2C(=O)OC(C)(C)C)cc1F. The molecule has 1 aromatic rings. The molecule has 0 aliphatic carbocycles. The van der Waals surface area contributed by atoms with Crippen LogP contribution in [0.15, 0.2) is 18.2 Å². The number of likely N-dealkylation sites (tertiary alicyclic amines) is 1. The van der Waals surface area contributed by atoms with Crippen molar-refractivity contribution in [3.63, 3.8) is 0 Å². The lowest BCUT2D eigenvalue weighted by atomic mass is 10.2. The number of nitrogens with zero attached hydrogens (tertiary/aromatic N) is 1. The number of carbonyl (C=O) groups excluding carboxylic acids is 2. The van der Waals surface area contributed by atoms with E-state index in [0.717, 1.165) is 6.42 Å². The molecular weight excluding hydrogens is 299 g/mol. The molecule has 2 amide bonds. The summed E-state index contributed by atoms with van der Waals surface area (Å²) >= 11 is 0. The minimum atomic E-state index is -0.610. The molecule has 1 fully saturated rings. The van der Waals surface area contributed by atoms with Crippen LogP contribution in [0.1, 0.15) is 39.2 Å². The lowest BCUT2D eigenvalue weighted by Crippen LogP contribution is -2.45. The predicted octanol–water partition coefficient (Wildman–Crippen LogP) is 3.47. The second-order valence-electron chi connectivity index (χ2n) is 6.78. The first-order valence-corrected chi connectivity index (χ1v) is 7.74. The summed E-state index contributed by atoms with van der Waals surface area (Å²) in [6, 6.07) is 3.93. The summed E-state index contributed by atoms with van der Waals surface area (Å²) in [7, 11) is 0. The van der Waals surface area contributed by atoms with Gasteiger partial charge in [-0.1, -0.05) is 6.07 Å². The van der Waals surface area contributed by atoms with Gasteiger partial charge >= 0.3 is 6.09 Å². The number of ether oxygens (including phenoxy) is 1. The van der Waals surface area contributed by atoms with Gasteiger partial charge in [0.1, 0.15) is 17.5 Å². The smallest absolute Gasteiger partial charge is 0.410 e. The number of halogens is 1. The Morgan fingerprint density at radius 1 is 1.35 bits per heavy atom. The highest BCUT2D eigenvalue weighted by molar-refractivity contribution is 5.96. The van der Waals surface area contributed by atoms with Crippen molar-refractivity contribution in [2.24, 2.45) is 0 Å². The normalized spacial score (nSPS) is 18.0. The van der Waals surface area contributed by atoms with E-state index in [1.807, 2.05) is 0 Å². The van der Waals surface area contributed by atoms with Crippen molar-refractivity contribution in [3.05, 3.63) is 29.6 Å². The van der Waals surface area contributed by atoms with Crippen LogP contribution in [-0.4, -0.2) is 35.1 Å². The number of amides is 2. The van der Waals surface area contributed by atoms with Gasteiger partial charge in [0.15, 0.2) is 0 Å². The standard InChI is InChI=1S/C17H23FN2O3/c1-11-7-8-12(10-13(11)18)19-15(21)14-6-5-9-20(14)16(22)23-17(2,3)4/h7-8,10,14H,5-6,9H2,1-4H3,(H,19,21). The van der Waals surface area contributed by atoms with E-state index in [4.69, 9.17) is 4.74 Å². The molecule has 2 rings (SSSR count). The van der Waals surface area contributed by atoms with Crippen molar-refractivity contribution in [2.75, 3.05) is 11.9 Å². The molecule has 23 heavy (non-hydrogen) atoms. The molecular formula is C17H23FN2O3. The van der Waals surface area contributed by atoms with Crippen molar-refractivity contribution < 1.29 is 18.7 Å². The fourth-order valence-corrected chi connectivity index (χ4v) is 2.47. The Morgan fingerprint density at radius 3 is 2.65 bits per heavy atom. The molecule has 0 saturated carbocycles. The summed E-state index contributed by atoms with van der Waals surface area (Å²) < 4.78 is 18.9. The quantitative estimate of drug-likeness (QED) is 0.907. The Hall–Kier alpha value is -2.11. The van der Waals surface area contributed by atoms with Gasteiger partial charge in [-0.25, -0.2) is 9.18 Å². The summed E-state index contributed by atoms with van der Waals surface area (Å²) in [4.78, 5) is 26.0. The number of hydrogen-bond donors (Lipinski definition) is 1. The zero-order valence-corrected chi connectivity index (χ0v) is 14.0. The van der Waals surface area contributed by atoms with Crippen LogP contribution >= 0.6 is 0 Å². The van der Waals surface area contributed by atoms with E-state index in [0.29, 0.717) is 24.2 Å². The van der Waals surface area contributed by atoms with Crippen molar-refractivity contribution in [2.45, 2.75) is 52.2 Å². The van der Waals surface area contributed by atoms with Gasteiger partial charge in [-0.2, -0.15) is 0 Å². The second kappa shape index (κ2) is 6.56. The topological polar surface area (TPSA) is 58.6 Å². The minimum Gasteiger partial charge on any atom is -0.444 e. The average molecular weight is 322 g/mol. The summed E-state index contributed by atoms with van der Waals surface area (Å²) in [5.41, 5.74) is 0.286. The first-order chi connectivity index (χ1) is 10.7. The van der Waals surface area contributed by atoms with Crippen molar-refractivity contribution >= 4 is 17.7 Å². The van der Waals surface area contributed by atoms with Gasteiger partial charge in [0, 0.05) is 12.2 Å². The predicted molar refractivity (Wildman–Crippen MR) is 85.7 cm³/mol. The second-order valence-corrected chi connectivity index (χ2v) is 6.78. The largest absolute Gasteiger partial charge is 0.444 e. The number of rotatable bonds is 2. The number of hydrogen-bond acceptors (Lipinski definition) is 3. The van der Waals surface area contributed by atoms with Gasteiger partial charge in [-0.15, -0.1) is 0 Å². The van der Waals surface area contributed by atoms with Gasteiger partial charge in [0.25, 0.3) is 0 Å². The first kappa shape index (κ1) is 17.2. The average Bonchev–Trinajstić information content (AvgIpc) is 2.90. The van der Waals surface area contributed by atoms with Crippen LogP contribution in [0.3, 0.4) is 0 Å². The third kappa shape index (κ3) is 4.43. The Morgan fingerprint density at radius 2 is 2.04 bits per heavy atom. The van der Waals surface area contributed by atoms with Gasteiger partial charge in [-0.3, -0.25) is 9.69 Å². The van der Waals surface area contributed by atoms with E-state index < -0.39 is 17.7 Å². The highest BCUT2D eigenvalue weighted by atomic mass is 19.1. The molecule has 1 heterocycles. The van der Waals surface area contributed by atoms with E-state index >= 15 is 0 Å². The molecule has 5 nitrogen and oxygen atoms in total. The van der Waals surface area contributed by atoms with Gasteiger partial charge < -0.3 is 10.1 Å². The monoisotopic (exact) mass is 322 g/mol. The van der Waals surface area contributed by atoms with E-state index in [2.05, 4.69) is 5.32 Å². The molecule has 0 bridgehead atoms. The zero-order valence-electron chi connectivity index (χ0n) is 14.0. The van der Waals surface area contributed by atoms with Crippen molar-refractivity contribution in [3.8, 4) is 0 Å². The van der Waals surface area contributed by atoms with Gasteiger partial charge in [0.2, 0.25) is 5.91 Å². The van der Waals surface area contributed by atoms with Crippen LogP contribution in [0.5, 0.6) is 0 Å². The van der Waals surface area contributed by atoms with Crippen LogP contribution in [0, 0.1) is 12.7 Å². The van der Waals surface area contributed by atoms with E-state index in [1.54, 1.807) is 39.8 Å². The maximum atomic E-state index is 13.6. The molecule has 1 aromatic carbocycles. The Kier molecular flexibility index (Phi) is 4.92. The molecule has 1 aliphatic heterocycles. The number of aryl methyl sites for hydroxylation is 1. The molecule has 1 N–H and O–H groups in total. The van der Waals surface area contributed by atoms with E-state index in [1.165, 1.54) is 11.0 Å². The molecule has 1 unspecified atom stereocenters. The Labute approximate surface area is 135 Å². The molecule has 6 heteroatoms. The fourth-order valence-electron chi connectivity index (χ4n) is 2.47. The molecule has 1 atom stereocenters. The van der Waals surface area contributed by atoms with Crippen LogP contribution in [-0.2, 0) is 9.53 Å². The zero-order chi connectivity index (χ0) is 17.2. The molecule has 1 saturated heterocycles. The molecule has 0 spiro atoms. The fraction of sp³-hybridized carbons (Fsp3) is 0.529. The highest BCUT2D eigenvalue weighted by Crippen LogP contribution is 2.22. The van der Waals surface area contributed by atoms with Crippen LogP contribution in [0.25, 0.3) is 0 Å². The molecule has 0 aromatic heterocycles. The third-order valence-corrected chi connectivity index (χ3v) is 3.62. The van der Waals surface area contributed by atoms with E-state index in [9.17, 15) is 14.0 Å². The number of benzene rings is 1. The molecule has 0 radical (unpaired) electrons. The van der Waals surface area contributed by atoms with Gasteiger partial charge in [0.05, 0.1) is 0 Å². The Bertz CT molecular complexity index is 610. The first-order valence-electron chi connectivity index (χ1n) is 7.74. The van der Waals surface area contributed by atoms with Crippen molar-refractivity contribution in [1.29, 1.82) is 0 Å². The summed E-state index contributed by atoms with van der Waals surface area (Å²) in [5.74, 6) is -0.699. The van der Waals surface area contributed by atoms with Crippen LogP contribution in [0.2, 0.25) is 0 Å². The molecule has 1 aliphatic rings. The van der Waals surface area contributed by atoms with Crippen LogP contribution in [0.4, 0.5) is 14.9 Å². The summed E-state index contributed by atoms with van der Waals surface area (Å²) in [5, 5.41) is 2.67. The number of carbonyl (C=O) groups is 2. The lowest BCUT2D eigenvalue weighted by Gasteiger charge is -2.28. The number of nitrogens with one attached hydrogen (secondary N) is 1. The molecule has 126 valence electrons. The maximum Gasteiger partial charge on any atom is 0.410 e. The third-order valence-electron chi connectivity index (χ3n) is 3.62. The summed E-state index contributed by atoms with van der Waals surface area (Å²) in [6.07, 6.45) is 0.809. The van der Waals surface area contributed by atoms with Gasteiger partial charge in [-0.05, 0) is 58.2 Å². The van der Waals surface area contributed by atoms with Crippen molar-refractivity contribution in [1.82, 2.24) is 4.90 Å². The lowest BCUT2D eigenvalue weighted by molar-refractivity contribution is -0.120. The summed E-state index contributed by atoms with van der Waals surface area (Å²) in [6.45, 7) is 7.48. The maximum absolute atomic E-state index is 13.6.